The fraction of sp³-hybridized carbons (Fsp3) is 0.200. The lowest BCUT2D eigenvalue weighted by Crippen LogP contribution is -2.14. The number of nitriles is 1. The molecular formula is C20H20ClN3O. The lowest BCUT2D eigenvalue weighted by molar-refractivity contribution is -0.112. The number of nitrogens with zero attached hydrogens (tertiary/aromatic N) is 1. The second kappa shape index (κ2) is 8.36. The smallest absolute Gasteiger partial charge is 0.267 e. The van der Waals surface area contributed by atoms with Crippen molar-refractivity contribution in [2.75, 3.05) is 10.6 Å². The Morgan fingerprint density at radius 2 is 1.88 bits per heavy atom. The van der Waals surface area contributed by atoms with E-state index in [9.17, 15) is 10.1 Å². The van der Waals surface area contributed by atoms with Crippen molar-refractivity contribution < 1.29 is 4.79 Å². The minimum atomic E-state index is -0.475. The van der Waals surface area contributed by atoms with E-state index < -0.39 is 5.91 Å². The summed E-state index contributed by atoms with van der Waals surface area (Å²) in [5.41, 5.74) is 3.68. The van der Waals surface area contributed by atoms with E-state index in [2.05, 4.69) is 24.5 Å². The molecule has 2 aromatic rings. The molecule has 2 aromatic carbocycles. The topological polar surface area (TPSA) is 64.9 Å². The summed E-state index contributed by atoms with van der Waals surface area (Å²) < 4.78 is 0. The highest BCUT2D eigenvalue weighted by Crippen LogP contribution is 2.27. The normalized spacial score (nSPS) is 11.1. The monoisotopic (exact) mass is 353 g/mol. The van der Waals surface area contributed by atoms with Gasteiger partial charge in [-0.05, 0) is 48.2 Å². The third-order valence-corrected chi connectivity index (χ3v) is 4.01. The number of para-hydroxylation sites is 1. The van der Waals surface area contributed by atoms with Crippen LogP contribution in [0.4, 0.5) is 11.4 Å². The zero-order valence-electron chi connectivity index (χ0n) is 14.4. The minimum absolute atomic E-state index is 0.00657. The van der Waals surface area contributed by atoms with Crippen LogP contribution in [0.25, 0.3) is 0 Å². The summed E-state index contributed by atoms with van der Waals surface area (Å²) in [7, 11) is 0. The van der Waals surface area contributed by atoms with Crippen molar-refractivity contribution in [1.29, 1.82) is 5.26 Å². The van der Waals surface area contributed by atoms with Crippen LogP contribution in [0.1, 0.15) is 30.9 Å². The van der Waals surface area contributed by atoms with Crippen LogP contribution in [0, 0.1) is 18.3 Å². The van der Waals surface area contributed by atoms with Gasteiger partial charge < -0.3 is 10.6 Å². The van der Waals surface area contributed by atoms with Gasteiger partial charge in [0.15, 0.2) is 0 Å². The molecular weight excluding hydrogens is 334 g/mol. The first-order chi connectivity index (χ1) is 11.9. The molecule has 0 aromatic heterocycles. The molecule has 0 heterocycles. The highest BCUT2D eigenvalue weighted by atomic mass is 35.5. The maximum atomic E-state index is 12.3. The Labute approximate surface area is 153 Å². The van der Waals surface area contributed by atoms with Gasteiger partial charge in [0, 0.05) is 22.6 Å². The van der Waals surface area contributed by atoms with Gasteiger partial charge in [0.05, 0.1) is 0 Å². The van der Waals surface area contributed by atoms with Gasteiger partial charge in [-0.3, -0.25) is 4.79 Å². The van der Waals surface area contributed by atoms with Crippen molar-refractivity contribution >= 4 is 28.9 Å². The summed E-state index contributed by atoms with van der Waals surface area (Å²) >= 11 is 5.82. The summed E-state index contributed by atoms with van der Waals surface area (Å²) in [6.45, 7) is 6.19. The van der Waals surface area contributed by atoms with Crippen LogP contribution in [0.15, 0.2) is 54.2 Å². The fourth-order valence-electron chi connectivity index (χ4n) is 2.39. The van der Waals surface area contributed by atoms with E-state index in [0.717, 1.165) is 16.8 Å². The minimum Gasteiger partial charge on any atom is -0.360 e. The van der Waals surface area contributed by atoms with Crippen LogP contribution < -0.4 is 10.6 Å². The van der Waals surface area contributed by atoms with E-state index in [0.29, 0.717) is 16.6 Å². The number of amides is 1. The molecule has 0 unspecified atom stereocenters. The number of hydrogen-bond acceptors (Lipinski definition) is 3. The molecule has 4 nitrogen and oxygen atoms in total. The number of carbonyl (C=O) groups is 1. The second-order valence-electron chi connectivity index (χ2n) is 5.97. The van der Waals surface area contributed by atoms with Gasteiger partial charge >= 0.3 is 0 Å². The standard InChI is InChI=1S/C20H20ClN3O/c1-13(2)18-6-4-5-14(3)19(18)23-12-15(11-22)20(25)24-17-9-7-16(21)8-10-17/h4-10,12-13,23H,1-3H3,(H,24,25)/b15-12-. The van der Waals surface area contributed by atoms with E-state index in [4.69, 9.17) is 11.6 Å². The number of nitrogens with one attached hydrogen (secondary N) is 2. The van der Waals surface area contributed by atoms with Gasteiger partial charge in [0.2, 0.25) is 0 Å². The first kappa shape index (κ1) is 18.6. The van der Waals surface area contributed by atoms with Crippen LogP contribution in [-0.2, 0) is 4.79 Å². The molecule has 2 N–H and O–H groups in total. The van der Waals surface area contributed by atoms with Crippen molar-refractivity contribution in [1.82, 2.24) is 0 Å². The number of hydrogen-bond donors (Lipinski definition) is 2. The summed E-state index contributed by atoms with van der Waals surface area (Å²) in [4.78, 5) is 12.3. The van der Waals surface area contributed by atoms with Crippen LogP contribution in [0.5, 0.6) is 0 Å². The highest BCUT2D eigenvalue weighted by Gasteiger charge is 2.12. The maximum Gasteiger partial charge on any atom is 0.267 e. The molecule has 0 saturated heterocycles. The number of carbonyl (C=O) groups excluding carboxylic acids is 1. The summed E-state index contributed by atoms with van der Waals surface area (Å²) in [5, 5.41) is 15.7. The first-order valence-corrected chi connectivity index (χ1v) is 8.33. The molecule has 0 atom stereocenters. The molecule has 0 aliphatic carbocycles. The largest absolute Gasteiger partial charge is 0.360 e. The lowest BCUT2D eigenvalue weighted by Gasteiger charge is -2.15. The fourth-order valence-corrected chi connectivity index (χ4v) is 2.52. The van der Waals surface area contributed by atoms with Crippen molar-refractivity contribution in [3.05, 3.63) is 70.4 Å². The van der Waals surface area contributed by atoms with E-state index in [-0.39, 0.29) is 5.57 Å². The molecule has 0 spiro atoms. The van der Waals surface area contributed by atoms with Gasteiger partial charge in [-0.25, -0.2) is 0 Å². The highest BCUT2D eigenvalue weighted by molar-refractivity contribution is 6.30. The SMILES string of the molecule is Cc1cccc(C(C)C)c1N/C=C(/C#N)C(=O)Nc1ccc(Cl)cc1. The molecule has 0 fully saturated rings. The Kier molecular flexibility index (Phi) is 6.21. The Morgan fingerprint density at radius 3 is 2.48 bits per heavy atom. The molecule has 0 aliphatic rings. The van der Waals surface area contributed by atoms with Gasteiger partial charge in [-0.2, -0.15) is 5.26 Å². The molecule has 25 heavy (non-hydrogen) atoms. The number of benzene rings is 2. The third-order valence-electron chi connectivity index (χ3n) is 3.76. The van der Waals surface area contributed by atoms with Crippen LogP contribution in [0.3, 0.4) is 0 Å². The molecule has 128 valence electrons. The van der Waals surface area contributed by atoms with Crippen molar-refractivity contribution in [3.63, 3.8) is 0 Å². The number of rotatable bonds is 5. The summed E-state index contributed by atoms with van der Waals surface area (Å²) in [6, 6.07) is 14.7. The predicted octanol–water partition coefficient (Wildman–Crippen LogP) is 5.23. The first-order valence-electron chi connectivity index (χ1n) is 7.95. The Morgan fingerprint density at radius 1 is 1.20 bits per heavy atom. The van der Waals surface area contributed by atoms with Crippen LogP contribution >= 0.6 is 11.6 Å². The molecule has 0 saturated carbocycles. The number of anilines is 2. The van der Waals surface area contributed by atoms with Gasteiger partial charge in [0.25, 0.3) is 5.91 Å². The number of aryl methyl sites for hydroxylation is 1. The van der Waals surface area contributed by atoms with Gasteiger partial charge in [-0.1, -0.05) is 43.6 Å². The summed E-state index contributed by atoms with van der Waals surface area (Å²) in [6.07, 6.45) is 1.44. The average Bonchev–Trinajstić information content (AvgIpc) is 2.58. The Bertz CT molecular complexity index is 833. The summed E-state index contributed by atoms with van der Waals surface area (Å²) in [5.74, 6) is -0.152. The van der Waals surface area contributed by atoms with Crippen molar-refractivity contribution in [3.8, 4) is 6.07 Å². The van der Waals surface area contributed by atoms with Crippen LogP contribution in [0.2, 0.25) is 5.02 Å². The molecule has 5 heteroatoms. The predicted molar refractivity (Wildman–Crippen MR) is 103 cm³/mol. The Hall–Kier alpha value is -2.77. The molecule has 1 amide bonds. The third kappa shape index (κ3) is 4.85. The van der Waals surface area contributed by atoms with E-state index >= 15 is 0 Å². The average molecular weight is 354 g/mol. The second-order valence-corrected chi connectivity index (χ2v) is 6.41. The number of halogens is 1. The van der Waals surface area contributed by atoms with E-state index in [1.807, 2.05) is 31.2 Å². The van der Waals surface area contributed by atoms with Gasteiger partial charge in [-0.15, -0.1) is 0 Å². The van der Waals surface area contributed by atoms with E-state index in [1.54, 1.807) is 24.3 Å². The lowest BCUT2D eigenvalue weighted by atomic mass is 9.98. The van der Waals surface area contributed by atoms with Crippen molar-refractivity contribution in [2.24, 2.45) is 0 Å². The molecule has 0 bridgehead atoms. The molecule has 0 radical (unpaired) electrons. The zero-order valence-corrected chi connectivity index (χ0v) is 15.2. The van der Waals surface area contributed by atoms with E-state index in [1.165, 1.54) is 6.20 Å². The quantitative estimate of drug-likeness (QED) is 0.571. The van der Waals surface area contributed by atoms with Gasteiger partial charge in [0.1, 0.15) is 11.6 Å². The maximum absolute atomic E-state index is 12.3. The molecule has 0 aliphatic heterocycles. The van der Waals surface area contributed by atoms with Crippen molar-refractivity contribution in [2.45, 2.75) is 26.7 Å². The zero-order chi connectivity index (χ0) is 18.4. The molecule has 2 rings (SSSR count). The van der Waals surface area contributed by atoms with Crippen LogP contribution in [-0.4, -0.2) is 5.91 Å². The Balaban J connectivity index is 2.19.